The Morgan fingerprint density at radius 3 is 0.970 bits per heavy atom. The third-order valence-corrected chi connectivity index (χ3v) is 19.0. The minimum absolute atomic E-state index is 0.586. The van der Waals surface area contributed by atoms with Gasteiger partial charge in [-0.25, -0.2) is 29.9 Å². The number of rotatable bonds is 13. The Bertz CT molecular complexity index is 6020. The Hall–Kier alpha value is -13.6. The fourth-order valence-corrected chi connectivity index (χ4v) is 13.9. The van der Waals surface area contributed by atoms with Crippen LogP contribution in [0.1, 0.15) is 0 Å². The van der Waals surface area contributed by atoms with E-state index in [9.17, 15) is 0 Å². The van der Waals surface area contributed by atoms with E-state index in [2.05, 4.69) is 247 Å². The van der Waals surface area contributed by atoms with Gasteiger partial charge in [-0.1, -0.05) is 309 Å². The number of benzene rings is 14. The van der Waals surface area contributed by atoms with Crippen LogP contribution in [0.5, 0.6) is 0 Å². The number of fused-ring (bicyclic) bond motifs is 4. The predicted octanol–water partition coefficient (Wildman–Crippen LogP) is 23.1. The van der Waals surface area contributed by atoms with Crippen LogP contribution < -0.4 is 0 Å². The van der Waals surface area contributed by atoms with Crippen molar-refractivity contribution in [3.05, 3.63) is 352 Å². The summed E-state index contributed by atoms with van der Waals surface area (Å²) in [7, 11) is 0. The molecule has 14 aromatic carbocycles. The van der Waals surface area contributed by atoms with Crippen LogP contribution in [0.3, 0.4) is 0 Å². The monoisotopic (exact) mass is 1270 g/mol. The van der Waals surface area contributed by atoms with E-state index in [-0.39, 0.29) is 0 Å². The molecule has 0 saturated heterocycles. The smallest absolute Gasteiger partial charge is 0.164 e. The molecule has 0 aliphatic carbocycles. The van der Waals surface area contributed by atoms with Crippen LogP contribution in [0.2, 0.25) is 0 Å². The molecule has 8 heteroatoms. The van der Waals surface area contributed by atoms with E-state index in [0.29, 0.717) is 34.9 Å². The molecule has 18 rings (SSSR count). The second-order valence-electron chi connectivity index (χ2n) is 25.0. The molecule has 100 heavy (non-hydrogen) atoms. The number of hydrogen-bond donors (Lipinski definition) is 0. The number of hydrogen-bond acceptors (Lipinski definition) is 8. The third kappa shape index (κ3) is 11.3. The van der Waals surface area contributed by atoms with Crippen LogP contribution >= 0.6 is 0 Å². The summed E-state index contributed by atoms with van der Waals surface area (Å²) in [5, 5.41) is 6.88. The van der Waals surface area contributed by atoms with Gasteiger partial charge in [0.25, 0.3) is 0 Å². The molecule has 0 aliphatic heterocycles. The van der Waals surface area contributed by atoms with Crippen LogP contribution in [0.4, 0.5) is 0 Å². The minimum atomic E-state index is 0.586. The maximum Gasteiger partial charge on any atom is 0.164 e. The highest BCUT2D eigenvalue weighted by Crippen LogP contribution is 2.44. The first-order valence-electron chi connectivity index (χ1n) is 33.5. The summed E-state index contributed by atoms with van der Waals surface area (Å²) in [6, 6.07) is 119. The molecule has 466 valence electrons. The van der Waals surface area contributed by atoms with Crippen molar-refractivity contribution < 1.29 is 0 Å². The van der Waals surface area contributed by atoms with Gasteiger partial charge in [-0.2, -0.15) is 0 Å². The normalized spacial score (nSPS) is 11.4. The predicted molar refractivity (Wildman–Crippen MR) is 409 cm³/mol. The Labute approximate surface area is 578 Å². The summed E-state index contributed by atoms with van der Waals surface area (Å²) in [4.78, 5) is 39.9. The van der Waals surface area contributed by atoms with Gasteiger partial charge in [-0.05, 0) is 130 Å². The first-order valence-corrected chi connectivity index (χ1v) is 33.5. The molecule has 0 amide bonds. The highest BCUT2D eigenvalue weighted by molar-refractivity contribution is 6.07. The Morgan fingerprint density at radius 1 is 0.160 bits per heavy atom. The molecule has 0 aliphatic rings. The van der Waals surface area contributed by atoms with Crippen LogP contribution in [-0.4, -0.2) is 39.9 Å². The summed E-state index contributed by atoms with van der Waals surface area (Å²) < 4.78 is 0. The van der Waals surface area contributed by atoms with Crippen LogP contribution in [0.25, 0.3) is 190 Å². The molecule has 0 saturated carbocycles. The van der Waals surface area contributed by atoms with Gasteiger partial charge >= 0.3 is 0 Å². The Morgan fingerprint density at radius 2 is 0.480 bits per heavy atom. The molecule has 0 bridgehead atoms. The summed E-state index contributed by atoms with van der Waals surface area (Å²) >= 11 is 0. The molecule has 0 atom stereocenters. The number of para-hydroxylation sites is 1. The van der Waals surface area contributed by atoms with Crippen molar-refractivity contribution in [1.82, 2.24) is 39.9 Å². The van der Waals surface area contributed by atoms with E-state index in [1.54, 1.807) is 0 Å². The third-order valence-electron chi connectivity index (χ3n) is 19.0. The topological polar surface area (TPSA) is 103 Å². The lowest BCUT2D eigenvalue weighted by molar-refractivity contribution is 1.07. The fourth-order valence-electron chi connectivity index (χ4n) is 13.9. The van der Waals surface area contributed by atoms with Gasteiger partial charge in [0.05, 0.1) is 11.0 Å². The molecular formula is C92H58N8. The molecule has 0 radical (unpaired) electrons. The van der Waals surface area contributed by atoms with Gasteiger partial charge in [-0.3, -0.25) is 9.97 Å². The highest BCUT2D eigenvalue weighted by Gasteiger charge is 2.20. The van der Waals surface area contributed by atoms with Crippen LogP contribution in [0.15, 0.2) is 352 Å². The molecule has 18 aromatic rings. The zero-order valence-corrected chi connectivity index (χ0v) is 54.1. The lowest BCUT2D eigenvalue weighted by Gasteiger charge is -2.17. The van der Waals surface area contributed by atoms with E-state index in [1.165, 1.54) is 16.3 Å². The van der Waals surface area contributed by atoms with Crippen molar-refractivity contribution in [3.63, 3.8) is 0 Å². The largest absolute Gasteiger partial charge is 0.256 e. The van der Waals surface area contributed by atoms with E-state index < -0.39 is 0 Å². The van der Waals surface area contributed by atoms with Crippen molar-refractivity contribution in [2.75, 3.05) is 0 Å². The maximum absolute atomic E-state index is 5.24. The summed E-state index contributed by atoms with van der Waals surface area (Å²) in [5.74, 6) is 3.62. The average Bonchev–Trinajstić information content (AvgIpc) is 0.777. The zero-order chi connectivity index (χ0) is 66.3. The quantitative estimate of drug-likeness (QED) is 0.112. The van der Waals surface area contributed by atoms with Crippen molar-refractivity contribution in [1.29, 1.82) is 0 Å². The molecular weight excluding hydrogens is 1220 g/mol. The van der Waals surface area contributed by atoms with Gasteiger partial charge in [0, 0.05) is 56.5 Å². The summed E-state index contributed by atoms with van der Waals surface area (Å²) in [6.07, 6.45) is 3.74. The van der Waals surface area contributed by atoms with E-state index >= 15 is 0 Å². The van der Waals surface area contributed by atoms with Crippen LogP contribution in [-0.2, 0) is 0 Å². The van der Waals surface area contributed by atoms with E-state index in [0.717, 1.165) is 138 Å². The lowest BCUT2D eigenvalue weighted by atomic mass is 9.87. The number of nitrogens with zero attached hydrogens (tertiary/aromatic N) is 8. The first kappa shape index (κ1) is 59.0. The Kier molecular flexibility index (Phi) is 15.1. The standard InChI is InChI=1S/C92H58N8/c1-4-17-68(18-5-1)87-95-88(69-19-6-2-7-20-69)97-91(96-87)72-48-37-64(38-49-72)79-54-52-65-39-50-74(58-82(65)86(79)67-42-31-61(32-43-67)75-25-14-28-84-81(75)26-15-56-93-84)59-29-44-71(45-30-59)90-98-89(70-21-8-3-9-22-70)99-92(100-90)73-46-35-63(36-47-73)78-53-51-60-16-10-11-23-77(60)85(78)66-40-33-62(34-41-66)76-55-57-94-83-27-13-12-24-80(76)83/h1-58H. The van der Waals surface area contributed by atoms with Gasteiger partial charge in [0.15, 0.2) is 34.9 Å². The summed E-state index contributed by atoms with van der Waals surface area (Å²) in [6.45, 7) is 0. The van der Waals surface area contributed by atoms with Crippen molar-refractivity contribution in [2.24, 2.45) is 0 Å². The SMILES string of the molecule is c1ccc(-c2nc(-c3ccc(-c4ccc5ccc(-c6ccc(-c7nc(-c8ccccc8)nc(-c8ccccc8)n7)cc6)c(-c6ccc(-c7cccc8ncccc78)cc6)c5c4)cc3)nc(-c3ccc(-c4ccc5ccccc5c4-c4ccc(-c5ccnc6ccccc56)cc4)cc3)n2)cc1. The number of aromatic nitrogens is 8. The van der Waals surface area contributed by atoms with Crippen molar-refractivity contribution >= 4 is 43.4 Å². The second-order valence-corrected chi connectivity index (χ2v) is 25.0. The molecule has 4 aromatic heterocycles. The van der Waals surface area contributed by atoms with Gasteiger partial charge in [-0.15, -0.1) is 0 Å². The first-order chi connectivity index (χ1) is 49.5. The van der Waals surface area contributed by atoms with Crippen molar-refractivity contribution in [2.45, 2.75) is 0 Å². The molecule has 8 nitrogen and oxygen atoms in total. The summed E-state index contributed by atoms with van der Waals surface area (Å²) in [5.41, 5.74) is 23.0. The second kappa shape index (κ2) is 25.5. The minimum Gasteiger partial charge on any atom is -0.256 e. The van der Waals surface area contributed by atoms with Crippen molar-refractivity contribution in [3.8, 4) is 146 Å². The molecule has 0 spiro atoms. The van der Waals surface area contributed by atoms with Gasteiger partial charge in [0.1, 0.15) is 0 Å². The zero-order valence-electron chi connectivity index (χ0n) is 54.1. The maximum atomic E-state index is 5.24. The molecule has 0 fully saturated rings. The van der Waals surface area contributed by atoms with Gasteiger partial charge < -0.3 is 0 Å². The number of pyridine rings is 2. The Balaban J connectivity index is 0.695. The average molecular weight is 1280 g/mol. The molecule has 0 N–H and O–H groups in total. The lowest BCUT2D eigenvalue weighted by Crippen LogP contribution is -2.00. The molecule has 0 unspecified atom stereocenters. The van der Waals surface area contributed by atoms with Gasteiger partial charge in [0.2, 0.25) is 0 Å². The molecule has 4 heterocycles. The van der Waals surface area contributed by atoms with Crippen LogP contribution in [0, 0.1) is 0 Å². The van der Waals surface area contributed by atoms with E-state index in [1.807, 2.05) is 116 Å². The van der Waals surface area contributed by atoms with E-state index in [4.69, 9.17) is 29.9 Å². The highest BCUT2D eigenvalue weighted by atomic mass is 15.0. The fraction of sp³-hybridized carbons (Fsp3) is 0.